The van der Waals surface area contributed by atoms with Gasteiger partial charge in [0.15, 0.2) is 11.6 Å². The average Bonchev–Trinajstić information content (AvgIpc) is 2.91. The van der Waals surface area contributed by atoms with Gasteiger partial charge in [-0.15, -0.1) is 0 Å². The molecule has 1 amide bonds. The summed E-state index contributed by atoms with van der Waals surface area (Å²) in [7, 11) is -8.10. The minimum absolute atomic E-state index is 0.00894. The molecule has 1 heterocycles. The molecule has 0 spiro atoms. The number of halogens is 3. The summed E-state index contributed by atoms with van der Waals surface area (Å²) < 4.78 is 83.1. The fourth-order valence-corrected chi connectivity index (χ4v) is 6.65. The van der Waals surface area contributed by atoms with Gasteiger partial charge in [0.05, 0.1) is 27.6 Å². The van der Waals surface area contributed by atoms with Gasteiger partial charge in [-0.05, 0) is 54.6 Å². The number of hydrogen-bond acceptors (Lipinski definition) is 7. The first-order valence-corrected chi connectivity index (χ1v) is 15.2. The van der Waals surface area contributed by atoms with Crippen LogP contribution in [-0.4, -0.2) is 76.4 Å². The Morgan fingerprint density at radius 3 is 2.05 bits per heavy atom. The maximum absolute atomic E-state index is 14.1. The van der Waals surface area contributed by atoms with Crippen LogP contribution in [0.4, 0.5) is 20.2 Å². The number of hydrogen-bond donors (Lipinski definition) is 3. The van der Waals surface area contributed by atoms with Gasteiger partial charge in [0.1, 0.15) is 0 Å². The molecule has 0 saturated carbocycles. The third-order valence-corrected chi connectivity index (χ3v) is 9.72. The second kappa shape index (κ2) is 12.2. The molecule has 10 nitrogen and oxygen atoms in total. The molecule has 1 fully saturated rings. The van der Waals surface area contributed by atoms with Crippen LogP contribution >= 0.6 is 11.6 Å². The van der Waals surface area contributed by atoms with Gasteiger partial charge in [-0.2, -0.15) is 4.31 Å². The van der Waals surface area contributed by atoms with E-state index in [2.05, 4.69) is 10.0 Å². The minimum atomic E-state index is -4.29. The van der Waals surface area contributed by atoms with Crippen LogP contribution in [0.15, 0.2) is 70.5 Å². The van der Waals surface area contributed by atoms with Gasteiger partial charge in [0.25, 0.3) is 15.9 Å². The van der Waals surface area contributed by atoms with E-state index >= 15 is 0 Å². The van der Waals surface area contributed by atoms with E-state index < -0.39 is 48.8 Å². The molecule has 0 aliphatic carbocycles. The van der Waals surface area contributed by atoms with Crippen LogP contribution in [0.5, 0.6) is 0 Å². The summed E-state index contributed by atoms with van der Waals surface area (Å²) in [6.07, 6.45) is 0. The Hall–Kier alpha value is -3.14. The summed E-state index contributed by atoms with van der Waals surface area (Å²) >= 11 is 5.79. The second-order valence-corrected chi connectivity index (χ2v) is 12.9. The molecule has 3 aromatic carbocycles. The highest BCUT2D eigenvalue weighted by atomic mass is 35.5. The molecule has 0 bridgehead atoms. The SMILES string of the molecule is O=C(Nc1ccc(S(=O)(=O)N2CCN(CCO)CC2)cc1)c1cc(F)c(F)cc1NS(=O)(=O)c1ccc(Cl)cc1. The number of carbonyl (C=O) groups is 1. The first kappa shape index (κ1) is 29.8. The van der Waals surface area contributed by atoms with Crippen molar-refractivity contribution in [3.05, 3.63) is 82.9 Å². The van der Waals surface area contributed by atoms with Crippen molar-refractivity contribution >= 4 is 48.9 Å². The number of nitrogens with one attached hydrogen (secondary N) is 2. The predicted octanol–water partition coefficient (Wildman–Crippen LogP) is 2.97. The molecule has 4 rings (SSSR count). The number of carbonyl (C=O) groups excluding carboxylic acids is 1. The highest BCUT2D eigenvalue weighted by Crippen LogP contribution is 2.26. The standard InChI is InChI=1S/C25H25ClF2N4O6S2/c26-17-1-5-19(6-2-17)39(35,36)30-24-16-23(28)22(27)15-21(24)25(34)29-18-3-7-20(8-4-18)40(37,38)32-11-9-31(10-12-32)13-14-33/h1-8,15-16,30,33H,9-14H2,(H,29,34). The lowest BCUT2D eigenvalue weighted by molar-refractivity contribution is 0.102. The molecule has 1 saturated heterocycles. The van der Waals surface area contributed by atoms with Crippen LogP contribution in [0.3, 0.4) is 0 Å². The Balaban J connectivity index is 1.51. The lowest BCUT2D eigenvalue weighted by Gasteiger charge is -2.33. The van der Waals surface area contributed by atoms with Crippen LogP contribution in [0.2, 0.25) is 5.02 Å². The quantitative estimate of drug-likeness (QED) is 0.337. The van der Waals surface area contributed by atoms with Crippen molar-refractivity contribution in [1.82, 2.24) is 9.21 Å². The average molecular weight is 615 g/mol. The van der Waals surface area contributed by atoms with Crippen molar-refractivity contribution in [1.29, 1.82) is 0 Å². The van der Waals surface area contributed by atoms with Crippen molar-refractivity contribution in [3.63, 3.8) is 0 Å². The molecule has 0 unspecified atom stereocenters. The third-order valence-electron chi connectivity index (χ3n) is 6.17. The molecular formula is C25H25ClF2N4O6S2. The number of benzene rings is 3. The number of amides is 1. The molecule has 0 radical (unpaired) electrons. The molecule has 3 aromatic rings. The Bertz CT molecular complexity index is 1600. The van der Waals surface area contributed by atoms with E-state index in [1.165, 1.54) is 52.8 Å². The fraction of sp³-hybridized carbons (Fsp3) is 0.240. The molecule has 3 N–H and O–H groups in total. The topological polar surface area (TPSA) is 136 Å². The van der Waals surface area contributed by atoms with E-state index in [9.17, 15) is 30.4 Å². The molecule has 0 atom stereocenters. The van der Waals surface area contributed by atoms with Gasteiger partial charge < -0.3 is 10.4 Å². The Kier molecular flexibility index (Phi) is 9.07. The highest BCUT2D eigenvalue weighted by Gasteiger charge is 2.28. The van der Waals surface area contributed by atoms with E-state index in [1.807, 2.05) is 4.90 Å². The molecule has 40 heavy (non-hydrogen) atoms. The van der Waals surface area contributed by atoms with Crippen LogP contribution in [0.1, 0.15) is 10.4 Å². The summed E-state index contributed by atoms with van der Waals surface area (Å²) in [5.74, 6) is -3.72. The lowest BCUT2D eigenvalue weighted by atomic mass is 10.1. The van der Waals surface area contributed by atoms with Gasteiger partial charge in [-0.3, -0.25) is 14.4 Å². The second-order valence-electron chi connectivity index (χ2n) is 8.82. The predicted molar refractivity (Wildman–Crippen MR) is 145 cm³/mol. The number of nitrogens with zero attached hydrogens (tertiary/aromatic N) is 2. The molecule has 0 aromatic heterocycles. The third kappa shape index (κ3) is 6.77. The number of β-amino-alcohol motifs (C(OH)–C–C–N with tert-alkyl or cyclic N) is 1. The first-order valence-electron chi connectivity index (χ1n) is 11.9. The first-order chi connectivity index (χ1) is 18.9. The van der Waals surface area contributed by atoms with Crippen LogP contribution in [0, 0.1) is 11.6 Å². The zero-order valence-corrected chi connectivity index (χ0v) is 23.2. The van der Waals surface area contributed by atoms with E-state index in [4.69, 9.17) is 16.7 Å². The van der Waals surface area contributed by atoms with E-state index in [0.29, 0.717) is 31.8 Å². The highest BCUT2D eigenvalue weighted by molar-refractivity contribution is 7.92. The van der Waals surface area contributed by atoms with Gasteiger partial charge in [0, 0.05) is 49.5 Å². The Morgan fingerprint density at radius 2 is 1.45 bits per heavy atom. The summed E-state index contributed by atoms with van der Waals surface area (Å²) in [4.78, 5) is 14.7. The van der Waals surface area contributed by atoms with Crippen molar-refractivity contribution in [3.8, 4) is 0 Å². The van der Waals surface area contributed by atoms with Crippen LogP contribution in [0.25, 0.3) is 0 Å². The van der Waals surface area contributed by atoms with Crippen LogP contribution < -0.4 is 10.0 Å². The van der Waals surface area contributed by atoms with E-state index in [0.717, 1.165) is 0 Å². The molecule has 15 heteroatoms. The van der Waals surface area contributed by atoms with Crippen molar-refractivity contribution in [2.45, 2.75) is 9.79 Å². The van der Waals surface area contributed by atoms with Crippen LogP contribution in [-0.2, 0) is 20.0 Å². The fourth-order valence-electron chi connectivity index (χ4n) is 4.03. The number of sulfonamides is 2. The smallest absolute Gasteiger partial charge is 0.261 e. The maximum Gasteiger partial charge on any atom is 0.261 e. The number of aliphatic hydroxyl groups excluding tert-OH is 1. The zero-order chi connectivity index (χ0) is 29.1. The number of rotatable bonds is 9. The molecule has 214 valence electrons. The number of piperazine rings is 1. The summed E-state index contributed by atoms with van der Waals surface area (Å²) in [6.45, 7) is 1.92. The van der Waals surface area contributed by atoms with Gasteiger partial charge in [-0.25, -0.2) is 25.6 Å². The minimum Gasteiger partial charge on any atom is -0.395 e. The number of aliphatic hydroxyl groups is 1. The largest absolute Gasteiger partial charge is 0.395 e. The Labute approximate surface area is 235 Å². The zero-order valence-electron chi connectivity index (χ0n) is 20.8. The molecular weight excluding hydrogens is 590 g/mol. The molecule has 1 aliphatic heterocycles. The summed E-state index contributed by atoms with van der Waals surface area (Å²) in [5, 5.41) is 11.8. The number of anilines is 2. The summed E-state index contributed by atoms with van der Waals surface area (Å²) in [5.41, 5.74) is -0.882. The monoisotopic (exact) mass is 614 g/mol. The van der Waals surface area contributed by atoms with Crippen molar-refractivity contribution < 1.29 is 35.5 Å². The normalized spacial score (nSPS) is 15.1. The van der Waals surface area contributed by atoms with E-state index in [1.54, 1.807) is 0 Å². The van der Waals surface area contributed by atoms with E-state index in [-0.39, 0.29) is 40.2 Å². The lowest BCUT2D eigenvalue weighted by Crippen LogP contribution is -2.49. The van der Waals surface area contributed by atoms with Crippen molar-refractivity contribution in [2.24, 2.45) is 0 Å². The summed E-state index contributed by atoms with van der Waals surface area (Å²) in [6, 6.07) is 11.4. The molecule has 1 aliphatic rings. The Morgan fingerprint density at radius 1 is 0.875 bits per heavy atom. The van der Waals surface area contributed by atoms with Gasteiger partial charge >= 0.3 is 0 Å². The van der Waals surface area contributed by atoms with Gasteiger partial charge in [-0.1, -0.05) is 11.6 Å². The van der Waals surface area contributed by atoms with Gasteiger partial charge in [0.2, 0.25) is 10.0 Å². The maximum atomic E-state index is 14.1. The van der Waals surface area contributed by atoms with Crippen molar-refractivity contribution in [2.75, 3.05) is 49.4 Å².